The van der Waals surface area contributed by atoms with Gasteiger partial charge in [0, 0.05) is 11.6 Å². The highest BCUT2D eigenvalue weighted by Gasteiger charge is 2.15. The molecule has 5 heteroatoms. The Kier molecular flexibility index (Phi) is 4.78. The smallest absolute Gasteiger partial charge is 0.307 e. The van der Waals surface area contributed by atoms with Crippen molar-refractivity contribution in [3.8, 4) is 11.5 Å². The number of ketones is 1. The van der Waals surface area contributed by atoms with Gasteiger partial charge in [0.15, 0.2) is 5.78 Å². The van der Waals surface area contributed by atoms with E-state index in [0.717, 1.165) is 5.56 Å². The number of carbonyl (C=O) groups is 2. The van der Waals surface area contributed by atoms with E-state index < -0.39 is 5.97 Å². The second-order valence-corrected chi connectivity index (χ2v) is 4.88. The van der Waals surface area contributed by atoms with Gasteiger partial charge < -0.3 is 14.9 Å². The van der Waals surface area contributed by atoms with Crippen LogP contribution in [0, 0.1) is 0 Å². The molecule has 0 aliphatic rings. The van der Waals surface area contributed by atoms with E-state index in [1.165, 1.54) is 19.1 Å². The van der Waals surface area contributed by atoms with Gasteiger partial charge in [-0.1, -0.05) is 30.3 Å². The van der Waals surface area contributed by atoms with E-state index in [0.29, 0.717) is 5.56 Å². The van der Waals surface area contributed by atoms with E-state index >= 15 is 0 Å². The van der Waals surface area contributed by atoms with Gasteiger partial charge in [-0.05, 0) is 18.6 Å². The van der Waals surface area contributed by atoms with Gasteiger partial charge in [-0.2, -0.15) is 0 Å². The van der Waals surface area contributed by atoms with Crippen LogP contribution in [0.2, 0.25) is 0 Å². The number of carboxylic acid groups (broad SMARTS) is 1. The van der Waals surface area contributed by atoms with Crippen molar-refractivity contribution in [3.63, 3.8) is 0 Å². The Hall–Kier alpha value is -2.82. The van der Waals surface area contributed by atoms with Crippen LogP contribution in [0.25, 0.3) is 0 Å². The standard InChI is InChI=1S/C17H16O5/c1-11(18)14-7-13(8-17(20)21)16(9-15(14)19)22-10-12-5-3-2-4-6-12/h2-7,9,19H,8,10H2,1H3,(H,20,21). The van der Waals surface area contributed by atoms with Gasteiger partial charge in [-0.3, -0.25) is 9.59 Å². The van der Waals surface area contributed by atoms with E-state index in [1.807, 2.05) is 30.3 Å². The molecule has 2 aromatic carbocycles. The number of aliphatic carboxylic acids is 1. The highest BCUT2D eigenvalue weighted by atomic mass is 16.5. The molecule has 0 fully saturated rings. The van der Waals surface area contributed by atoms with Crippen molar-refractivity contribution in [1.29, 1.82) is 0 Å². The molecule has 0 aliphatic heterocycles. The molecule has 0 bridgehead atoms. The molecule has 0 aliphatic carbocycles. The number of hydrogen-bond donors (Lipinski definition) is 2. The summed E-state index contributed by atoms with van der Waals surface area (Å²) in [6.45, 7) is 1.55. The Balaban J connectivity index is 2.30. The molecule has 5 nitrogen and oxygen atoms in total. The summed E-state index contributed by atoms with van der Waals surface area (Å²) in [4.78, 5) is 22.4. The first-order valence-electron chi connectivity index (χ1n) is 6.72. The summed E-state index contributed by atoms with van der Waals surface area (Å²) >= 11 is 0. The van der Waals surface area contributed by atoms with Crippen molar-refractivity contribution < 1.29 is 24.5 Å². The Morgan fingerprint density at radius 1 is 1.14 bits per heavy atom. The number of ether oxygens (including phenoxy) is 1. The zero-order chi connectivity index (χ0) is 16.1. The van der Waals surface area contributed by atoms with Gasteiger partial charge in [0.2, 0.25) is 0 Å². The lowest BCUT2D eigenvalue weighted by Crippen LogP contribution is -2.06. The number of aromatic hydroxyl groups is 1. The minimum atomic E-state index is -1.04. The third-order valence-corrected chi connectivity index (χ3v) is 3.14. The molecule has 0 unspecified atom stereocenters. The number of Topliss-reactive ketones (excluding diaryl/α,β-unsaturated/α-hetero) is 1. The molecule has 0 saturated heterocycles. The number of phenols is 1. The largest absolute Gasteiger partial charge is 0.507 e. The molecular weight excluding hydrogens is 284 g/mol. The summed E-state index contributed by atoms with van der Waals surface area (Å²) in [5, 5.41) is 18.8. The fourth-order valence-electron chi connectivity index (χ4n) is 2.07. The van der Waals surface area contributed by atoms with Crippen LogP contribution in [-0.4, -0.2) is 22.0 Å². The molecule has 0 atom stereocenters. The van der Waals surface area contributed by atoms with Crippen molar-refractivity contribution in [1.82, 2.24) is 0 Å². The molecule has 0 spiro atoms. The third kappa shape index (κ3) is 3.85. The SMILES string of the molecule is CC(=O)c1cc(CC(=O)O)c(OCc2ccccc2)cc1O. The first-order valence-corrected chi connectivity index (χ1v) is 6.72. The van der Waals surface area contributed by atoms with E-state index in [1.54, 1.807) is 0 Å². The first kappa shape index (κ1) is 15.6. The number of benzene rings is 2. The van der Waals surface area contributed by atoms with Gasteiger partial charge in [-0.15, -0.1) is 0 Å². The monoisotopic (exact) mass is 300 g/mol. The summed E-state index contributed by atoms with van der Waals surface area (Å²) in [6.07, 6.45) is -0.287. The van der Waals surface area contributed by atoms with Crippen LogP contribution in [0.3, 0.4) is 0 Å². The van der Waals surface area contributed by atoms with Crippen molar-refractivity contribution >= 4 is 11.8 Å². The average molecular weight is 300 g/mol. The van der Waals surface area contributed by atoms with E-state index in [4.69, 9.17) is 9.84 Å². The van der Waals surface area contributed by atoms with Crippen LogP contribution in [-0.2, 0) is 17.8 Å². The fraction of sp³-hybridized carbons (Fsp3) is 0.176. The number of carboxylic acids is 1. The van der Waals surface area contributed by atoms with Crippen molar-refractivity contribution in [2.24, 2.45) is 0 Å². The van der Waals surface area contributed by atoms with Crippen molar-refractivity contribution in [2.45, 2.75) is 20.0 Å². The predicted molar refractivity (Wildman–Crippen MR) is 80.2 cm³/mol. The third-order valence-electron chi connectivity index (χ3n) is 3.14. The summed E-state index contributed by atoms with van der Waals surface area (Å²) in [7, 11) is 0. The van der Waals surface area contributed by atoms with Crippen LogP contribution < -0.4 is 4.74 Å². The van der Waals surface area contributed by atoms with Gasteiger partial charge >= 0.3 is 5.97 Å². The Morgan fingerprint density at radius 3 is 2.41 bits per heavy atom. The Morgan fingerprint density at radius 2 is 1.82 bits per heavy atom. The summed E-state index contributed by atoms with van der Waals surface area (Å²) in [6, 6.07) is 12.0. The van der Waals surface area contributed by atoms with Gasteiger partial charge in [0.1, 0.15) is 18.1 Å². The van der Waals surface area contributed by atoms with Crippen molar-refractivity contribution in [3.05, 3.63) is 59.2 Å². The number of carbonyl (C=O) groups excluding carboxylic acids is 1. The number of phenolic OH excluding ortho intramolecular Hbond substituents is 1. The Bertz CT molecular complexity index is 692. The summed E-state index contributed by atoms with van der Waals surface area (Å²) in [5.41, 5.74) is 1.36. The van der Waals surface area contributed by atoms with E-state index in [-0.39, 0.29) is 35.9 Å². The molecule has 0 heterocycles. The number of hydrogen-bond acceptors (Lipinski definition) is 4. The predicted octanol–water partition coefficient (Wildman–Crippen LogP) is 2.80. The minimum Gasteiger partial charge on any atom is -0.507 e. The highest BCUT2D eigenvalue weighted by molar-refractivity contribution is 5.97. The fourth-order valence-corrected chi connectivity index (χ4v) is 2.07. The first-order chi connectivity index (χ1) is 10.5. The van der Waals surface area contributed by atoms with Crippen LogP contribution in [0.5, 0.6) is 11.5 Å². The maximum Gasteiger partial charge on any atom is 0.307 e. The molecule has 0 saturated carbocycles. The zero-order valence-corrected chi connectivity index (χ0v) is 12.1. The second kappa shape index (κ2) is 6.76. The topological polar surface area (TPSA) is 83.8 Å². The Labute approximate surface area is 127 Å². The minimum absolute atomic E-state index is 0.0864. The van der Waals surface area contributed by atoms with Gasteiger partial charge in [-0.25, -0.2) is 0 Å². The summed E-state index contributed by atoms with van der Waals surface area (Å²) < 4.78 is 5.61. The number of rotatable bonds is 6. The van der Waals surface area contributed by atoms with Crippen LogP contribution in [0.4, 0.5) is 0 Å². The van der Waals surface area contributed by atoms with Crippen molar-refractivity contribution in [2.75, 3.05) is 0 Å². The van der Waals surface area contributed by atoms with Gasteiger partial charge in [0.05, 0.1) is 12.0 Å². The highest BCUT2D eigenvalue weighted by Crippen LogP contribution is 2.30. The average Bonchev–Trinajstić information content (AvgIpc) is 2.47. The maximum atomic E-state index is 11.4. The quantitative estimate of drug-likeness (QED) is 0.801. The van der Waals surface area contributed by atoms with Crippen LogP contribution in [0.15, 0.2) is 42.5 Å². The maximum absolute atomic E-state index is 11.4. The molecular formula is C17H16O5. The lowest BCUT2D eigenvalue weighted by atomic mass is 10.0. The molecule has 0 radical (unpaired) electrons. The van der Waals surface area contributed by atoms with Crippen LogP contribution >= 0.6 is 0 Å². The molecule has 0 amide bonds. The molecule has 2 rings (SSSR count). The normalized spacial score (nSPS) is 10.2. The lowest BCUT2D eigenvalue weighted by Gasteiger charge is -2.13. The summed E-state index contributed by atoms with van der Waals surface area (Å²) in [5.74, 6) is -1.33. The van der Waals surface area contributed by atoms with Gasteiger partial charge in [0.25, 0.3) is 0 Å². The molecule has 22 heavy (non-hydrogen) atoms. The zero-order valence-electron chi connectivity index (χ0n) is 12.1. The van der Waals surface area contributed by atoms with E-state index in [9.17, 15) is 14.7 Å². The van der Waals surface area contributed by atoms with E-state index in [2.05, 4.69) is 0 Å². The lowest BCUT2D eigenvalue weighted by molar-refractivity contribution is -0.136. The van der Waals surface area contributed by atoms with Crippen LogP contribution in [0.1, 0.15) is 28.4 Å². The molecule has 114 valence electrons. The second-order valence-electron chi connectivity index (χ2n) is 4.88. The molecule has 2 aromatic rings. The molecule has 2 N–H and O–H groups in total. The molecule has 0 aromatic heterocycles.